The highest BCUT2D eigenvalue weighted by Crippen LogP contribution is 2.43. The van der Waals surface area contributed by atoms with Crippen molar-refractivity contribution in [2.75, 3.05) is 26.4 Å². The van der Waals surface area contributed by atoms with E-state index in [1.165, 1.54) is 161 Å². The second kappa shape index (κ2) is 42.8. The summed E-state index contributed by atoms with van der Waals surface area (Å²) in [5, 5.41) is 18.4. The fourth-order valence-electron chi connectivity index (χ4n) is 6.74. The second-order valence-electron chi connectivity index (χ2n) is 16.1. The zero-order chi connectivity index (χ0) is 41.9. The Labute approximate surface area is 349 Å². The van der Waals surface area contributed by atoms with Gasteiger partial charge in [0.2, 0.25) is 0 Å². The Balaban J connectivity index is 4.18. The third kappa shape index (κ3) is 42.6. The van der Waals surface area contributed by atoms with Gasteiger partial charge in [-0.15, -0.1) is 0 Å². The van der Waals surface area contributed by atoms with Crippen LogP contribution in [-0.4, -0.2) is 65.7 Å². The van der Waals surface area contributed by atoms with E-state index in [9.17, 15) is 24.2 Å². The van der Waals surface area contributed by atoms with E-state index < -0.39 is 51.8 Å². The molecule has 0 saturated carbocycles. The van der Waals surface area contributed by atoms with Crippen molar-refractivity contribution in [2.45, 2.75) is 244 Å². The average Bonchev–Trinajstić information content (AvgIpc) is 3.20. The van der Waals surface area contributed by atoms with E-state index in [1.54, 1.807) is 0 Å². The second-order valence-corrected chi connectivity index (χ2v) is 17.6. The van der Waals surface area contributed by atoms with Crippen LogP contribution in [0.2, 0.25) is 0 Å². The minimum absolute atomic E-state index is 0.186. The van der Waals surface area contributed by atoms with Crippen molar-refractivity contribution >= 4 is 19.8 Å². The van der Waals surface area contributed by atoms with Gasteiger partial charge < -0.3 is 24.6 Å². The topological polar surface area (TPSA) is 149 Å². The maximum atomic E-state index is 12.6. The minimum Gasteiger partial charge on any atom is -0.462 e. The first kappa shape index (κ1) is 55.7. The van der Waals surface area contributed by atoms with Crippen LogP contribution in [0.15, 0.2) is 12.2 Å². The summed E-state index contributed by atoms with van der Waals surface area (Å²) in [6, 6.07) is 0. The molecule has 1 unspecified atom stereocenters. The molecule has 11 heteroatoms. The van der Waals surface area contributed by atoms with Gasteiger partial charge in [0.25, 0.3) is 0 Å². The molecule has 0 spiro atoms. The molecule has 3 atom stereocenters. The molecule has 0 aliphatic heterocycles. The van der Waals surface area contributed by atoms with Crippen LogP contribution in [0.4, 0.5) is 0 Å². The standard InChI is InChI=1S/C46H89O10P/c1-3-5-7-9-11-13-15-17-19-20-21-22-24-25-27-29-31-33-35-37-45(49)53-41-44(42-55-57(51,52)54-40-43(48)39-47)56-46(50)38-36-34-32-30-28-26-23-18-16-14-12-10-8-6-4-2/h10,12,43-44,47-48H,3-9,11,13-42H2,1-2H3,(H,51,52)/b12-10+/t43-,44+/m0/s1. The number of rotatable bonds is 45. The van der Waals surface area contributed by atoms with Crippen LogP contribution in [-0.2, 0) is 32.7 Å². The third-order valence-corrected chi connectivity index (χ3v) is 11.4. The van der Waals surface area contributed by atoms with E-state index in [4.69, 9.17) is 23.6 Å². The average molecular weight is 833 g/mol. The normalized spacial score (nSPS) is 13.8. The number of aliphatic hydroxyl groups is 2. The van der Waals surface area contributed by atoms with Gasteiger partial charge in [-0.2, -0.15) is 0 Å². The molecule has 0 aromatic carbocycles. The highest BCUT2D eigenvalue weighted by atomic mass is 31.2. The van der Waals surface area contributed by atoms with Crippen LogP contribution < -0.4 is 0 Å². The third-order valence-electron chi connectivity index (χ3n) is 10.4. The fraction of sp³-hybridized carbons (Fsp3) is 0.913. The van der Waals surface area contributed by atoms with Crippen molar-refractivity contribution in [3.63, 3.8) is 0 Å². The van der Waals surface area contributed by atoms with Crippen molar-refractivity contribution in [1.29, 1.82) is 0 Å². The summed E-state index contributed by atoms with van der Waals surface area (Å²) in [5.41, 5.74) is 0. The van der Waals surface area contributed by atoms with Gasteiger partial charge in [0, 0.05) is 12.8 Å². The monoisotopic (exact) mass is 833 g/mol. The number of esters is 2. The first-order valence-electron chi connectivity index (χ1n) is 23.6. The summed E-state index contributed by atoms with van der Waals surface area (Å²) in [6.07, 6.45) is 41.7. The van der Waals surface area contributed by atoms with Crippen LogP contribution in [0.3, 0.4) is 0 Å². The number of carbonyl (C=O) groups excluding carboxylic acids is 2. The van der Waals surface area contributed by atoms with Gasteiger partial charge in [-0.05, 0) is 32.1 Å². The zero-order valence-corrected chi connectivity index (χ0v) is 37.7. The SMILES string of the molecule is CCCC/C=C/CCCCCCCCCCCC(=O)O[C@H](COC(=O)CCCCCCCCCCCCCCCCCCCCC)COP(=O)(O)OC[C@@H](O)CO. The van der Waals surface area contributed by atoms with Crippen LogP contribution in [0.5, 0.6) is 0 Å². The van der Waals surface area contributed by atoms with Gasteiger partial charge in [0.1, 0.15) is 12.7 Å². The van der Waals surface area contributed by atoms with Crippen molar-refractivity contribution in [3.8, 4) is 0 Å². The number of hydrogen-bond acceptors (Lipinski definition) is 9. The number of allylic oxidation sites excluding steroid dienone is 2. The van der Waals surface area contributed by atoms with Crippen LogP contribution >= 0.6 is 7.82 Å². The van der Waals surface area contributed by atoms with Crippen molar-refractivity contribution in [1.82, 2.24) is 0 Å². The van der Waals surface area contributed by atoms with Gasteiger partial charge in [0.05, 0.1) is 19.8 Å². The van der Waals surface area contributed by atoms with E-state index in [0.29, 0.717) is 12.8 Å². The van der Waals surface area contributed by atoms with E-state index in [0.717, 1.165) is 32.1 Å². The summed E-state index contributed by atoms with van der Waals surface area (Å²) in [7, 11) is -4.61. The lowest BCUT2D eigenvalue weighted by Gasteiger charge is -2.20. The Morgan fingerprint density at radius 2 is 0.877 bits per heavy atom. The lowest BCUT2D eigenvalue weighted by atomic mass is 10.0. The van der Waals surface area contributed by atoms with Crippen LogP contribution in [0.25, 0.3) is 0 Å². The predicted octanol–water partition coefficient (Wildman–Crippen LogP) is 12.8. The molecule has 0 radical (unpaired) electrons. The molecule has 0 fully saturated rings. The minimum atomic E-state index is -4.61. The molecule has 0 aromatic heterocycles. The Morgan fingerprint density at radius 3 is 1.32 bits per heavy atom. The van der Waals surface area contributed by atoms with Gasteiger partial charge in [-0.25, -0.2) is 4.57 Å². The van der Waals surface area contributed by atoms with Crippen molar-refractivity contribution in [2.24, 2.45) is 0 Å². The molecule has 0 rings (SSSR count). The Morgan fingerprint density at radius 1 is 0.509 bits per heavy atom. The zero-order valence-electron chi connectivity index (χ0n) is 36.8. The maximum Gasteiger partial charge on any atom is 0.472 e. The number of hydrogen-bond donors (Lipinski definition) is 3. The molecule has 0 amide bonds. The molecular formula is C46H89O10P. The first-order valence-corrected chi connectivity index (χ1v) is 25.1. The molecule has 10 nitrogen and oxygen atoms in total. The molecule has 57 heavy (non-hydrogen) atoms. The first-order chi connectivity index (χ1) is 27.7. The highest BCUT2D eigenvalue weighted by molar-refractivity contribution is 7.47. The van der Waals surface area contributed by atoms with Gasteiger partial charge in [0.15, 0.2) is 6.10 Å². The number of carbonyl (C=O) groups is 2. The molecular weight excluding hydrogens is 743 g/mol. The molecule has 3 N–H and O–H groups in total. The van der Waals surface area contributed by atoms with Crippen LogP contribution in [0.1, 0.15) is 232 Å². The quantitative estimate of drug-likeness (QED) is 0.0234. The Hall–Kier alpha value is -1.29. The maximum absolute atomic E-state index is 12.6. The molecule has 0 saturated heterocycles. The lowest BCUT2D eigenvalue weighted by Crippen LogP contribution is -2.29. The summed E-state index contributed by atoms with van der Waals surface area (Å²) in [6.45, 7) is 2.39. The molecule has 0 heterocycles. The molecule has 0 bridgehead atoms. The van der Waals surface area contributed by atoms with E-state index in [-0.39, 0.29) is 19.4 Å². The summed E-state index contributed by atoms with van der Waals surface area (Å²) in [4.78, 5) is 35.1. The molecule has 0 aromatic rings. The van der Waals surface area contributed by atoms with Crippen molar-refractivity contribution < 1.29 is 47.8 Å². The molecule has 0 aliphatic carbocycles. The van der Waals surface area contributed by atoms with Crippen molar-refractivity contribution in [3.05, 3.63) is 12.2 Å². The predicted molar refractivity (Wildman–Crippen MR) is 233 cm³/mol. The van der Waals surface area contributed by atoms with Crippen LogP contribution in [0, 0.1) is 0 Å². The number of phosphoric acid groups is 1. The van der Waals surface area contributed by atoms with Gasteiger partial charge in [-0.1, -0.05) is 199 Å². The summed E-state index contributed by atoms with van der Waals surface area (Å²) in [5.74, 6) is -0.914. The number of unbranched alkanes of at least 4 members (excludes halogenated alkanes) is 29. The Kier molecular flexibility index (Phi) is 41.9. The van der Waals surface area contributed by atoms with Gasteiger partial charge >= 0.3 is 19.8 Å². The van der Waals surface area contributed by atoms with E-state index >= 15 is 0 Å². The number of ether oxygens (including phenoxy) is 2. The van der Waals surface area contributed by atoms with E-state index in [2.05, 4.69) is 26.0 Å². The summed E-state index contributed by atoms with van der Waals surface area (Å²) >= 11 is 0. The number of phosphoric ester groups is 1. The molecule has 338 valence electrons. The molecule has 0 aliphatic rings. The lowest BCUT2D eigenvalue weighted by molar-refractivity contribution is -0.161. The fourth-order valence-corrected chi connectivity index (χ4v) is 7.53. The van der Waals surface area contributed by atoms with Gasteiger partial charge in [-0.3, -0.25) is 18.6 Å². The largest absolute Gasteiger partial charge is 0.472 e. The highest BCUT2D eigenvalue weighted by Gasteiger charge is 2.27. The number of aliphatic hydroxyl groups excluding tert-OH is 2. The summed E-state index contributed by atoms with van der Waals surface area (Å²) < 4.78 is 32.8. The Bertz CT molecular complexity index is 961. The van der Waals surface area contributed by atoms with E-state index in [1.807, 2.05) is 0 Å². The smallest absolute Gasteiger partial charge is 0.462 e.